The average Bonchev–Trinajstić information content (AvgIpc) is 3.28. The lowest BCUT2D eigenvalue weighted by atomic mass is 10.0. The molecule has 0 unspecified atom stereocenters. The predicted molar refractivity (Wildman–Crippen MR) is 136 cm³/mol. The van der Waals surface area contributed by atoms with Crippen LogP contribution in [0.3, 0.4) is 0 Å². The van der Waals surface area contributed by atoms with E-state index in [1.165, 1.54) is 18.0 Å². The standard InChI is InChI=1S/C25H24ClN5O2S/c1-16(2)20-6-4-5-7-21(20)31-24(17-8-11-19(33-3)12-9-17)29-30-25(31)34-15-23(32)28-22-13-10-18(26)14-27-22/h4-14,16H,15H2,1-3H3,(H,27,28,32). The first-order valence-corrected chi connectivity index (χ1v) is 12.1. The first-order valence-electron chi connectivity index (χ1n) is 10.7. The number of rotatable bonds is 8. The van der Waals surface area contributed by atoms with Crippen molar-refractivity contribution < 1.29 is 9.53 Å². The van der Waals surface area contributed by atoms with Crippen molar-refractivity contribution in [2.75, 3.05) is 18.2 Å². The number of thioether (sulfide) groups is 1. The van der Waals surface area contributed by atoms with E-state index in [1.54, 1.807) is 19.2 Å². The lowest BCUT2D eigenvalue weighted by Gasteiger charge is -2.17. The zero-order valence-electron chi connectivity index (χ0n) is 19.0. The van der Waals surface area contributed by atoms with Crippen LogP contribution < -0.4 is 10.1 Å². The molecule has 1 N–H and O–H groups in total. The molecule has 7 nitrogen and oxygen atoms in total. The molecule has 0 fully saturated rings. The van der Waals surface area contributed by atoms with E-state index >= 15 is 0 Å². The molecule has 0 radical (unpaired) electrons. The number of aromatic nitrogens is 4. The van der Waals surface area contributed by atoms with Gasteiger partial charge in [0.05, 0.1) is 23.6 Å². The van der Waals surface area contributed by atoms with Crippen LogP contribution in [0, 0.1) is 0 Å². The van der Waals surface area contributed by atoms with Gasteiger partial charge in [-0.25, -0.2) is 4.98 Å². The number of halogens is 1. The number of carbonyl (C=O) groups is 1. The fourth-order valence-electron chi connectivity index (χ4n) is 3.45. The second-order valence-corrected chi connectivity index (χ2v) is 9.16. The summed E-state index contributed by atoms with van der Waals surface area (Å²) in [5.41, 5.74) is 3.04. The lowest BCUT2D eigenvalue weighted by molar-refractivity contribution is -0.113. The van der Waals surface area contributed by atoms with E-state index in [9.17, 15) is 4.79 Å². The minimum absolute atomic E-state index is 0.148. The molecular formula is C25H24ClN5O2S. The number of anilines is 1. The van der Waals surface area contributed by atoms with Gasteiger partial charge in [-0.3, -0.25) is 9.36 Å². The minimum Gasteiger partial charge on any atom is -0.497 e. The summed E-state index contributed by atoms with van der Waals surface area (Å²) in [6, 6.07) is 19.2. The number of methoxy groups -OCH3 is 1. The fourth-order valence-corrected chi connectivity index (χ4v) is 4.30. The zero-order valence-corrected chi connectivity index (χ0v) is 20.6. The number of para-hydroxylation sites is 1. The summed E-state index contributed by atoms with van der Waals surface area (Å²) >= 11 is 7.18. The van der Waals surface area contributed by atoms with Crippen molar-refractivity contribution >= 4 is 35.1 Å². The summed E-state index contributed by atoms with van der Waals surface area (Å²) in [7, 11) is 1.63. The van der Waals surface area contributed by atoms with Gasteiger partial charge in [-0.2, -0.15) is 0 Å². The Morgan fingerprint density at radius 2 is 1.85 bits per heavy atom. The summed E-state index contributed by atoms with van der Waals surface area (Å²) in [6.07, 6.45) is 1.49. The zero-order chi connectivity index (χ0) is 24.1. The molecule has 0 spiro atoms. The van der Waals surface area contributed by atoms with Gasteiger partial charge in [0, 0.05) is 11.8 Å². The van der Waals surface area contributed by atoms with Crippen molar-refractivity contribution in [2.24, 2.45) is 0 Å². The van der Waals surface area contributed by atoms with E-state index in [-0.39, 0.29) is 11.7 Å². The van der Waals surface area contributed by atoms with Crippen LogP contribution in [0.4, 0.5) is 5.82 Å². The van der Waals surface area contributed by atoms with Crippen LogP contribution >= 0.6 is 23.4 Å². The average molecular weight is 494 g/mol. The molecule has 2 heterocycles. The van der Waals surface area contributed by atoms with Crippen LogP contribution in [0.2, 0.25) is 5.02 Å². The van der Waals surface area contributed by atoms with Crippen LogP contribution in [0.15, 0.2) is 72.0 Å². The lowest BCUT2D eigenvalue weighted by Crippen LogP contribution is -2.15. The molecule has 4 aromatic rings. The Kier molecular flexibility index (Phi) is 7.49. The number of hydrogen-bond donors (Lipinski definition) is 1. The second kappa shape index (κ2) is 10.7. The van der Waals surface area contributed by atoms with Crippen molar-refractivity contribution in [3.8, 4) is 22.8 Å². The van der Waals surface area contributed by atoms with E-state index in [1.807, 2.05) is 47.0 Å². The summed E-state index contributed by atoms with van der Waals surface area (Å²) in [6.45, 7) is 4.30. The third-order valence-electron chi connectivity index (χ3n) is 5.11. The van der Waals surface area contributed by atoms with Crippen LogP contribution in [0.5, 0.6) is 5.75 Å². The molecule has 34 heavy (non-hydrogen) atoms. The molecule has 0 bridgehead atoms. The number of nitrogens with one attached hydrogen (secondary N) is 1. The number of hydrogen-bond acceptors (Lipinski definition) is 6. The van der Waals surface area contributed by atoms with Crippen LogP contribution in [-0.2, 0) is 4.79 Å². The quantitative estimate of drug-likeness (QED) is 0.310. The van der Waals surface area contributed by atoms with Crippen molar-refractivity contribution in [1.82, 2.24) is 19.7 Å². The number of nitrogens with zero attached hydrogens (tertiary/aromatic N) is 4. The monoisotopic (exact) mass is 493 g/mol. The molecular weight excluding hydrogens is 470 g/mol. The summed E-state index contributed by atoms with van der Waals surface area (Å²) in [5, 5.41) is 12.8. The molecule has 2 aromatic carbocycles. The SMILES string of the molecule is COc1ccc(-c2nnc(SCC(=O)Nc3ccc(Cl)cn3)n2-c2ccccc2C(C)C)cc1. The van der Waals surface area contributed by atoms with Crippen molar-refractivity contribution in [2.45, 2.75) is 24.9 Å². The third-order valence-corrected chi connectivity index (χ3v) is 6.26. The molecule has 0 aliphatic heterocycles. The second-order valence-electron chi connectivity index (χ2n) is 7.78. The Morgan fingerprint density at radius 3 is 2.53 bits per heavy atom. The van der Waals surface area contributed by atoms with Gasteiger partial charge in [-0.05, 0) is 53.9 Å². The highest BCUT2D eigenvalue weighted by Gasteiger charge is 2.20. The van der Waals surface area contributed by atoms with E-state index in [4.69, 9.17) is 16.3 Å². The van der Waals surface area contributed by atoms with Crippen LogP contribution in [0.25, 0.3) is 17.1 Å². The normalized spacial score (nSPS) is 11.0. The number of carbonyl (C=O) groups excluding carboxylic acids is 1. The fraction of sp³-hybridized carbons (Fsp3) is 0.200. The molecule has 0 atom stereocenters. The molecule has 174 valence electrons. The van der Waals surface area contributed by atoms with Crippen molar-refractivity contribution in [3.63, 3.8) is 0 Å². The van der Waals surface area contributed by atoms with Crippen LogP contribution in [0.1, 0.15) is 25.3 Å². The Bertz CT molecular complexity index is 1270. The summed E-state index contributed by atoms with van der Waals surface area (Å²) < 4.78 is 7.30. The maximum Gasteiger partial charge on any atom is 0.236 e. The van der Waals surface area contributed by atoms with Crippen LogP contribution in [-0.4, -0.2) is 38.5 Å². The van der Waals surface area contributed by atoms with Crippen molar-refractivity contribution in [3.05, 3.63) is 77.4 Å². The number of amides is 1. The van der Waals surface area contributed by atoms with Gasteiger partial charge >= 0.3 is 0 Å². The van der Waals surface area contributed by atoms with E-state index < -0.39 is 0 Å². The molecule has 4 rings (SSSR count). The minimum atomic E-state index is -0.197. The van der Waals surface area contributed by atoms with E-state index in [0.717, 1.165) is 22.6 Å². The van der Waals surface area contributed by atoms with Gasteiger partial charge in [0.2, 0.25) is 5.91 Å². The van der Waals surface area contributed by atoms with Gasteiger partial charge in [0.1, 0.15) is 11.6 Å². The Labute approximate surface area is 207 Å². The topological polar surface area (TPSA) is 81.9 Å². The number of benzene rings is 2. The van der Waals surface area contributed by atoms with Crippen molar-refractivity contribution in [1.29, 1.82) is 0 Å². The van der Waals surface area contributed by atoms with Gasteiger partial charge in [0.15, 0.2) is 11.0 Å². The molecule has 0 saturated heterocycles. The maximum atomic E-state index is 12.6. The van der Waals surface area contributed by atoms with Gasteiger partial charge < -0.3 is 10.1 Å². The Hall–Kier alpha value is -3.36. The number of pyridine rings is 1. The predicted octanol–water partition coefficient (Wildman–Crippen LogP) is 5.85. The molecule has 9 heteroatoms. The maximum absolute atomic E-state index is 12.6. The first kappa shape index (κ1) is 23.8. The van der Waals surface area contributed by atoms with E-state index in [0.29, 0.717) is 27.7 Å². The number of ether oxygens (including phenoxy) is 1. The third kappa shape index (κ3) is 5.40. The molecule has 2 aromatic heterocycles. The van der Waals surface area contributed by atoms with E-state index in [2.05, 4.69) is 40.4 Å². The largest absolute Gasteiger partial charge is 0.497 e. The Morgan fingerprint density at radius 1 is 1.09 bits per heavy atom. The summed E-state index contributed by atoms with van der Waals surface area (Å²) in [4.78, 5) is 16.7. The smallest absolute Gasteiger partial charge is 0.236 e. The first-order chi connectivity index (χ1) is 16.5. The molecule has 0 aliphatic carbocycles. The summed E-state index contributed by atoms with van der Waals surface area (Å²) in [5.74, 6) is 2.14. The van der Waals surface area contributed by atoms with Gasteiger partial charge in [-0.1, -0.05) is 55.4 Å². The molecule has 1 amide bonds. The highest BCUT2D eigenvalue weighted by molar-refractivity contribution is 7.99. The molecule has 0 saturated carbocycles. The van der Waals surface area contributed by atoms with Gasteiger partial charge in [-0.15, -0.1) is 10.2 Å². The highest BCUT2D eigenvalue weighted by atomic mass is 35.5. The highest BCUT2D eigenvalue weighted by Crippen LogP contribution is 2.32. The van der Waals surface area contributed by atoms with Gasteiger partial charge in [0.25, 0.3) is 0 Å². The Balaban J connectivity index is 1.66. The molecule has 0 aliphatic rings.